The van der Waals surface area contributed by atoms with E-state index in [9.17, 15) is 0 Å². The molecule has 0 atom stereocenters. The number of likely N-dealkylation sites (tertiary alicyclic amines) is 1. The molecule has 0 saturated carbocycles. The van der Waals surface area contributed by atoms with Crippen LogP contribution in [0.15, 0.2) is 30.5 Å². The first kappa shape index (κ1) is 12.2. The molecule has 1 saturated heterocycles. The monoisotopic (exact) mass is 256 g/mol. The molecule has 19 heavy (non-hydrogen) atoms. The zero-order chi connectivity index (χ0) is 13.1. The number of nitrogens with one attached hydrogen (secondary N) is 1. The van der Waals surface area contributed by atoms with Crippen molar-refractivity contribution in [1.82, 2.24) is 15.1 Å². The van der Waals surface area contributed by atoms with Gasteiger partial charge in [-0.1, -0.05) is 30.7 Å². The van der Waals surface area contributed by atoms with Crippen LogP contribution in [-0.2, 0) is 6.54 Å². The summed E-state index contributed by atoms with van der Waals surface area (Å²) < 4.78 is 0. The van der Waals surface area contributed by atoms with Gasteiger partial charge in [0.15, 0.2) is 0 Å². The van der Waals surface area contributed by atoms with Gasteiger partial charge in [0, 0.05) is 12.1 Å². The Balaban J connectivity index is 1.70. The molecule has 0 amide bonds. The smallest absolute Gasteiger partial charge is 0.126 e. The number of hydrogen-bond acceptors (Lipinski definition) is 3. The second-order valence-electron chi connectivity index (χ2n) is 5.23. The van der Waals surface area contributed by atoms with Gasteiger partial charge >= 0.3 is 0 Å². The Labute approximate surface area is 113 Å². The van der Waals surface area contributed by atoms with Gasteiger partial charge in [0.25, 0.3) is 0 Å². The van der Waals surface area contributed by atoms with E-state index in [-0.39, 0.29) is 0 Å². The molecule has 3 N–H and O–H groups in total. The minimum Gasteiger partial charge on any atom is -0.384 e. The van der Waals surface area contributed by atoms with Crippen molar-refractivity contribution in [3.63, 3.8) is 0 Å². The van der Waals surface area contributed by atoms with E-state index in [0.717, 1.165) is 17.7 Å². The van der Waals surface area contributed by atoms with Crippen LogP contribution in [0.2, 0.25) is 0 Å². The van der Waals surface area contributed by atoms with Crippen LogP contribution in [0.25, 0.3) is 11.1 Å². The lowest BCUT2D eigenvalue weighted by molar-refractivity contribution is 0.221. The Morgan fingerprint density at radius 2 is 1.84 bits per heavy atom. The van der Waals surface area contributed by atoms with Crippen LogP contribution in [0.1, 0.15) is 24.8 Å². The van der Waals surface area contributed by atoms with Gasteiger partial charge in [-0.15, -0.1) is 0 Å². The molecule has 1 aromatic heterocycles. The largest absolute Gasteiger partial charge is 0.384 e. The molecular weight excluding hydrogens is 236 g/mol. The third kappa shape index (κ3) is 2.79. The summed E-state index contributed by atoms with van der Waals surface area (Å²) in [5.41, 5.74) is 9.30. The molecule has 0 radical (unpaired) electrons. The van der Waals surface area contributed by atoms with Crippen molar-refractivity contribution in [2.45, 2.75) is 25.8 Å². The van der Waals surface area contributed by atoms with Crippen molar-refractivity contribution in [3.05, 3.63) is 36.0 Å². The Morgan fingerprint density at radius 3 is 2.47 bits per heavy atom. The van der Waals surface area contributed by atoms with Gasteiger partial charge in [0.05, 0.1) is 6.20 Å². The number of piperidine rings is 1. The number of benzene rings is 1. The van der Waals surface area contributed by atoms with E-state index in [1.165, 1.54) is 37.9 Å². The molecule has 0 unspecified atom stereocenters. The maximum absolute atomic E-state index is 5.83. The van der Waals surface area contributed by atoms with Crippen LogP contribution < -0.4 is 5.73 Å². The maximum Gasteiger partial charge on any atom is 0.126 e. The molecule has 4 nitrogen and oxygen atoms in total. The molecule has 3 rings (SSSR count). The summed E-state index contributed by atoms with van der Waals surface area (Å²) in [5.74, 6) is 0.629. The molecule has 1 aromatic carbocycles. The number of nitrogens with zero attached hydrogens (tertiary/aromatic N) is 2. The van der Waals surface area contributed by atoms with Gasteiger partial charge in [-0.25, -0.2) is 0 Å². The highest BCUT2D eigenvalue weighted by Crippen LogP contribution is 2.24. The second-order valence-corrected chi connectivity index (χ2v) is 5.23. The summed E-state index contributed by atoms with van der Waals surface area (Å²) in [6.07, 6.45) is 5.83. The molecular formula is C15H20N4. The summed E-state index contributed by atoms with van der Waals surface area (Å²) in [6, 6.07) is 8.63. The number of nitrogens with two attached hydrogens (primary N) is 1. The minimum absolute atomic E-state index is 0.629. The van der Waals surface area contributed by atoms with Gasteiger partial charge in [-0.05, 0) is 37.1 Å². The highest BCUT2D eigenvalue weighted by Gasteiger charge is 2.10. The first-order chi connectivity index (χ1) is 9.33. The highest BCUT2D eigenvalue weighted by molar-refractivity contribution is 5.72. The topological polar surface area (TPSA) is 57.9 Å². The molecule has 2 heterocycles. The lowest BCUT2D eigenvalue weighted by atomic mass is 10.1. The molecule has 2 aromatic rings. The van der Waals surface area contributed by atoms with Crippen molar-refractivity contribution in [3.8, 4) is 11.1 Å². The third-order valence-electron chi connectivity index (χ3n) is 3.79. The Bertz CT molecular complexity index is 523. The van der Waals surface area contributed by atoms with Gasteiger partial charge in [0.2, 0.25) is 0 Å². The van der Waals surface area contributed by atoms with Gasteiger partial charge in [-0.2, -0.15) is 5.10 Å². The molecule has 1 aliphatic heterocycles. The van der Waals surface area contributed by atoms with Crippen molar-refractivity contribution in [2.24, 2.45) is 0 Å². The Hall–Kier alpha value is -1.81. The number of nitrogen functional groups attached to an aromatic ring is 1. The molecule has 0 aliphatic carbocycles. The molecule has 1 aliphatic rings. The van der Waals surface area contributed by atoms with E-state index in [4.69, 9.17) is 5.73 Å². The summed E-state index contributed by atoms with van der Waals surface area (Å²) in [6.45, 7) is 3.52. The lowest BCUT2D eigenvalue weighted by Gasteiger charge is -2.26. The van der Waals surface area contributed by atoms with Crippen LogP contribution in [0.4, 0.5) is 5.82 Å². The van der Waals surface area contributed by atoms with E-state index in [2.05, 4.69) is 39.4 Å². The van der Waals surface area contributed by atoms with E-state index in [1.54, 1.807) is 6.20 Å². The standard InChI is InChI=1S/C15H20N4/c16-15-14(10-17-18-15)13-6-4-12(5-7-13)11-19-8-2-1-3-9-19/h4-7,10H,1-3,8-9,11H2,(H3,16,17,18). The first-order valence-electron chi connectivity index (χ1n) is 6.93. The van der Waals surface area contributed by atoms with Gasteiger partial charge in [0.1, 0.15) is 5.82 Å². The Kier molecular flexibility index (Phi) is 3.51. The second kappa shape index (κ2) is 5.45. The van der Waals surface area contributed by atoms with Crippen molar-refractivity contribution in [2.75, 3.05) is 18.8 Å². The zero-order valence-corrected chi connectivity index (χ0v) is 11.1. The molecule has 100 valence electrons. The van der Waals surface area contributed by atoms with Crippen molar-refractivity contribution in [1.29, 1.82) is 0 Å². The molecule has 1 fully saturated rings. The maximum atomic E-state index is 5.83. The van der Waals surface area contributed by atoms with E-state index in [1.807, 2.05) is 0 Å². The summed E-state index contributed by atoms with van der Waals surface area (Å²) >= 11 is 0. The molecule has 0 bridgehead atoms. The zero-order valence-electron chi connectivity index (χ0n) is 11.1. The van der Waals surface area contributed by atoms with Crippen molar-refractivity contribution < 1.29 is 0 Å². The fourth-order valence-electron chi connectivity index (χ4n) is 2.69. The molecule has 0 spiro atoms. The lowest BCUT2D eigenvalue weighted by Crippen LogP contribution is -2.28. The van der Waals surface area contributed by atoms with E-state index < -0.39 is 0 Å². The number of H-pyrrole nitrogens is 1. The number of hydrogen-bond donors (Lipinski definition) is 2. The van der Waals surface area contributed by atoms with Crippen LogP contribution >= 0.6 is 0 Å². The summed E-state index contributed by atoms with van der Waals surface area (Å²) in [5, 5.41) is 6.72. The number of rotatable bonds is 3. The number of aromatic amines is 1. The fraction of sp³-hybridized carbons (Fsp3) is 0.400. The predicted octanol–water partition coefficient (Wildman–Crippen LogP) is 2.64. The van der Waals surface area contributed by atoms with Crippen LogP contribution in [-0.4, -0.2) is 28.2 Å². The van der Waals surface area contributed by atoms with Crippen molar-refractivity contribution >= 4 is 5.82 Å². The average Bonchev–Trinajstić information content (AvgIpc) is 2.87. The van der Waals surface area contributed by atoms with Gasteiger partial charge < -0.3 is 5.73 Å². The molecule has 4 heteroatoms. The normalized spacial score (nSPS) is 16.6. The Morgan fingerprint density at radius 1 is 1.11 bits per heavy atom. The van der Waals surface area contributed by atoms with E-state index >= 15 is 0 Å². The number of aromatic nitrogens is 2. The average molecular weight is 256 g/mol. The quantitative estimate of drug-likeness (QED) is 0.887. The fourth-order valence-corrected chi connectivity index (χ4v) is 2.69. The summed E-state index contributed by atoms with van der Waals surface area (Å²) in [4.78, 5) is 2.53. The summed E-state index contributed by atoms with van der Waals surface area (Å²) in [7, 11) is 0. The number of anilines is 1. The highest BCUT2D eigenvalue weighted by atomic mass is 15.1. The SMILES string of the molecule is Nc1[nH]ncc1-c1ccc(CN2CCCCC2)cc1. The van der Waals surface area contributed by atoms with Crippen LogP contribution in [0, 0.1) is 0 Å². The van der Waals surface area contributed by atoms with E-state index in [0.29, 0.717) is 5.82 Å². The minimum atomic E-state index is 0.629. The third-order valence-corrected chi connectivity index (χ3v) is 3.79. The van der Waals surface area contributed by atoms with Crippen LogP contribution in [0.5, 0.6) is 0 Å². The van der Waals surface area contributed by atoms with Gasteiger partial charge in [-0.3, -0.25) is 10.00 Å². The first-order valence-corrected chi connectivity index (χ1v) is 6.93. The predicted molar refractivity (Wildman–Crippen MR) is 77.6 cm³/mol. The van der Waals surface area contributed by atoms with Crippen LogP contribution in [0.3, 0.4) is 0 Å².